The van der Waals surface area contributed by atoms with E-state index in [1.54, 1.807) is 6.07 Å². The molecule has 0 saturated heterocycles. The molecule has 0 aromatic heterocycles. The Balaban J connectivity index is 2.01. The van der Waals surface area contributed by atoms with Crippen molar-refractivity contribution in [1.29, 1.82) is 0 Å². The predicted molar refractivity (Wildman–Crippen MR) is 70.6 cm³/mol. The van der Waals surface area contributed by atoms with Gasteiger partial charge in [-0.3, -0.25) is 0 Å². The van der Waals surface area contributed by atoms with E-state index in [0.717, 1.165) is 12.1 Å². The van der Waals surface area contributed by atoms with Crippen LogP contribution in [-0.4, -0.2) is 30.3 Å². The van der Waals surface area contributed by atoms with Crippen molar-refractivity contribution in [3.63, 3.8) is 0 Å². The summed E-state index contributed by atoms with van der Waals surface area (Å²) in [4.78, 5) is 10.5. The van der Waals surface area contributed by atoms with Gasteiger partial charge in [0.15, 0.2) is 18.1 Å². The molecule has 5 nitrogen and oxygen atoms in total. The number of carboxylic acid groups (broad SMARTS) is 1. The van der Waals surface area contributed by atoms with Crippen LogP contribution >= 0.6 is 0 Å². The zero-order valence-corrected chi connectivity index (χ0v) is 11.0. The Morgan fingerprint density at radius 1 is 1.37 bits per heavy atom. The second kappa shape index (κ2) is 6.43. The molecular weight excluding hydrogens is 246 g/mol. The molecule has 0 spiro atoms. The van der Waals surface area contributed by atoms with Gasteiger partial charge in [-0.2, -0.15) is 0 Å². The van der Waals surface area contributed by atoms with Crippen molar-refractivity contribution in [3.8, 4) is 11.5 Å². The molecule has 0 radical (unpaired) electrons. The van der Waals surface area contributed by atoms with E-state index in [1.807, 2.05) is 19.1 Å². The van der Waals surface area contributed by atoms with Gasteiger partial charge >= 0.3 is 5.97 Å². The summed E-state index contributed by atoms with van der Waals surface area (Å²) in [6.07, 6.45) is 2.50. The van der Waals surface area contributed by atoms with Crippen LogP contribution in [0.5, 0.6) is 11.5 Å². The van der Waals surface area contributed by atoms with Gasteiger partial charge in [0.2, 0.25) is 0 Å². The second-order valence-electron chi connectivity index (χ2n) is 4.55. The summed E-state index contributed by atoms with van der Waals surface area (Å²) in [6, 6.07) is 6.24. The molecular formula is C14H19NO4. The van der Waals surface area contributed by atoms with Gasteiger partial charge < -0.3 is 19.9 Å². The number of benzene rings is 1. The number of nitrogens with one attached hydrogen (secondary N) is 1. The lowest BCUT2D eigenvalue weighted by Crippen LogP contribution is -2.15. The zero-order chi connectivity index (χ0) is 13.7. The summed E-state index contributed by atoms with van der Waals surface area (Å²) in [5, 5.41) is 12.0. The molecule has 0 aliphatic heterocycles. The van der Waals surface area contributed by atoms with E-state index in [0.29, 0.717) is 24.1 Å². The lowest BCUT2D eigenvalue weighted by molar-refractivity contribution is -0.139. The molecule has 1 aromatic rings. The first-order valence-corrected chi connectivity index (χ1v) is 6.52. The standard InChI is InChI=1S/C14H19NO4/c1-2-18-13-7-10(8-15-11-4-5-11)3-6-12(13)19-9-14(16)17/h3,6-7,11,15H,2,4-5,8-9H2,1H3,(H,16,17). The van der Waals surface area contributed by atoms with Gasteiger partial charge in [-0.25, -0.2) is 4.79 Å². The summed E-state index contributed by atoms with van der Waals surface area (Å²) in [7, 11) is 0. The molecule has 0 amide bonds. The molecule has 1 fully saturated rings. The maximum Gasteiger partial charge on any atom is 0.341 e. The largest absolute Gasteiger partial charge is 0.490 e. The van der Waals surface area contributed by atoms with E-state index >= 15 is 0 Å². The van der Waals surface area contributed by atoms with Crippen molar-refractivity contribution in [2.75, 3.05) is 13.2 Å². The first-order chi connectivity index (χ1) is 9.19. The van der Waals surface area contributed by atoms with Crippen molar-refractivity contribution >= 4 is 5.97 Å². The highest BCUT2D eigenvalue weighted by atomic mass is 16.5. The Labute approximate surface area is 112 Å². The topological polar surface area (TPSA) is 67.8 Å². The normalized spacial score (nSPS) is 14.2. The average Bonchev–Trinajstić information content (AvgIpc) is 3.19. The molecule has 0 atom stereocenters. The van der Waals surface area contributed by atoms with Crippen molar-refractivity contribution in [2.24, 2.45) is 0 Å². The van der Waals surface area contributed by atoms with Crippen LogP contribution in [0.1, 0.15) is 25.3 Å². The van der Waals surface area contributed by atoms with Gasteiger partial charge in [-0.15, -0.1) is 0 Å². The summed E-state index contributed by atoms with van der Waals surface area (Å²) < 4.78 is 10.7. The molecule has 2 rings (SSSR count). The summed E-state index contributed by atoms with van der Waals surface area (Å²) in [5.41, 5.74) is 1.11. The number of ether oxygens (including phenoxy) is 2. The first kappa shape index (κ1) is 13.7. The summed E-state index contributed by atoms with van der Waals surface area (Å²) in [6.45, 7) is 2.84. The third-order valence-electron chi connectivity index (χ3n) is 2.83. The molecule has 19 heavy (non-hydrogen) atoms. The third-order valence-corrected chi connectivity index (χ3v) is 2.83. The van der Waals surface area contributed by atoms with Crippen LogP contribution in [0.4, 0.5) is 0 Å². The van der Waals surface area contributed by atoms with E-state index in [-0.39, 0.29) is 6.61 Å². The lowest BCUT2D eigenvalue weighted by atomic mass is 10.2. The molecule has 0 heterocycles. The second-order valence-corrected chi connectivity index (χ2v) is 4.55. The zero-order valence-electron chi connectivity index (χ0n) is 11.0. The Kier molecular flexibility index (Phi) is 4.63. The Morgan fingerprint density at radius 3 is 2.79 bits per heavy atom. The van der Waals surface area contributed by atoms with Crippen molar-refractivity contribution < 1.29 is 19.4 Å². The smallest absolute Gasteiger partial charge is 0.341 e. The summed E-state index contributed by atoms with van der Waals surface area (Å²) in [5.74, 6) is 0.0696. The Hall–Kier alpha value is -1.75. The third kappa shape index (κ3) is 4.44. The van der Waals surface area contributed by atoms with Crippen molar-refractivity contribution in [3.05, 3.63) is 23.8 Å². The molecule has 2 N–H and O–H groups in total. The SMILES string of the molecule is CCOc1cc(CNC2CC2)ccc1OCC(=O)O. The van der Waals surface area contributed by atoms with Gasteiger partial charge in [0.05, 0.1) is 6.61 Å². The highest BCUT2D eigenvalue weighted by Crippen LogP contribution is 2.29. The van der Waals surface area contributed by atoms with Gasteiger partial charge in [0.1, 0.15) is 0 Å². The number of hydrogen-bond donors (Lipinski definition) is 2. The van der Waals surface area contributed by atoms with Gasteiger partial charge in [0.25, 0.3) is 0 Å². The Bertz CT molecular complexity index is 443. The van der Waals surface area contributed by atoms with E-state index in [9.17, 15) is 4.79 Å². The van der Waals surface area contributed by atoms with Gasteiger partial charge in [-0.05, 0) is 37.5 Å². The fourth-order valence-corrected chi connectivity index (χ4v) is 1.74. The summed E-state index contributed by atoms with van der Waals surface area (Å²) >= 11 is 0. The number of hydrogen-bond acceptors (Lipinski definition) is 4. The first-order valence-electron chi connectivity index (χ1n) is 6.52. The van der Waals surface area contributed by atoms with Gasteiger partial charge in [-0.1, -0.05) is 6.07 Å². The highest BCUT2D eigenvalue weighted by molar-refractivity contribution is 5.68. The van der Waals surface area contributed by atoms with Crippen molar-refractivity contribution in [2.45, 2.75) is 32.4 Å². The number of carboxylic acids is 1. The molecule has 0 bridgehead atoms. The van der Waals surface area contributed by atoms with Crippen LogP contribution < -0.4 is 14.8 Å². The fraction of sp³-hybridized carbons (Fsp3) is 0.500. The minimum atomic E-state index is -0.998. The monoisotopic (exact) mass is 265 g/mol. The maximum absolute atomic E-state index is 10.5. The van der Waals surface area contributed by atoms with Crippen molar-refractivity contribution in [1.82, 2.24) is 5.32 Å². The molecule has 1 saturated carbocycles. The molecule has 1 aliphatic carbocycles. The average molecular weight is 265 g/mol. The molecule has 1 aromatic carbocycles. The molecule has 0 unspecified atom stereocenters. The quantitative estimate of drug-likeness (QED) is 0.750. The number of carbonyl (C=O) groups is 1. The fourth-order valence-electron chi connectivity index (χ4n) is 1.74. The van der Waals surface area contributed by atoms with Crippen LogP contribution in [0, 0.1) is 0 Å². The maximum atomic E-state index is 10.5. The minimum absolute atomic E-state index is 0.361. The number of rotatable bonds is 8. The Morgan fingerprint density at radius 2 is 2.16 bits per heavy atom. The predicted octanol–water partition coefficient (Wildman–Crippen LogP) is 1.80. The lowest BCUT2D eigenvalue weighted by Gasteiger charge is -2.12. The van der Waals surface area contributed by atoms with Crippen LogP contribution in [0.3, 0.4) is 0 Å². The van der Waals surface area contributed by atoms with Gasteiger partial charge in [0, 0.05) is 12.6 Å². The van der Waals surface area contributed by atoms with E-state index < -0.39 is 5.97 Å². The molecule has 5 heteroatoms. The molecule has 1 aliphatic rings. The van der Waals surface area contributed by atoms with E-state index in [4.69, 9.17) is 14.6 Å². The van der Waals surface area contributed by atoms with Crippen LogP contribution in [0.15, 0.2) is 18.2 Å². The van der Waals surface area contributed by atoms with Crippen LogP contribution in [0.2, 0.25) is 0 Å². The van der Waals surface area contributed by atoms with E-state index in [1.165, 1.54) is 12.8 Å². The van der Waals surface area contributed by atoms with E-state index in [2.05, 4.69) is 5.32 Å². The number of aliphatic carboxylic acids is 1. The minimum Gasteiger partial charge on any atom is -0.490 e. The van der Waals surface area contributed by atoms with Crippen LogP contribution in [0.25, 0.3) is 0 Å². The highest BCUT2D eigenvalue weighted by Gasteiger charge is 2.20. The van der Waals surface area contributed by atoms with Crippen LogP contribution in [-0.2, 0) is 11.3 Å². The molecule has 104 valence electrons.